The lowest BCUT2D eigenvalue weighted by molar-refractivity contribution is 0.412. The second-order valence-corrected chi connectivity index (χ2v) is 4.68. The van der Waals surface area contributed by atoms with Gasteiger partial charge in [0.2, 0.25) is 0 Å². The molecule has 20 heavy (non-hydrogen) atoms. The van der Waals surface area contributed by atoms with Gasteiger partial charge in [-0.05, 0) is 31.5 Å². The minimum Gasteiger partial charge on any atom is -0.495 e. The van der Waals surface area contributed by atoms with Gasteiger partial charge in [0.05, 0.1) is 25.3 Å². The van der Waals surface area contributed by atoms with Crippen molar-refractivity contribution in [1.82, 2.24) is 4.57 Å². The molecule has 0 aliphatic heterocycles. The van der Waals surface area contributed by atoms with Crippen molar-refractivity contribution in [2.24, 2.45) is 0 Å². The van der Waals surface area contributed by atoms with Crippen molar-refractivity contribution in [3.63, 3.8) is 0 Å². The van der Waals surface area contributed by atoms with Gasteiger partial charge in [0, 0.05) is 23.5 Å². The molecule has 0 fully saturated rings. The maximum absolute atomic E-state index is 11.8. The summed E-state index contributed by atoms with van der Waals surface area (Å²) < 4.78 is 7.26. The number of aromatic nitrogens is 1. The molecule has 0 bridgehead atoms. The van der Waals surface area contributed by atoms with Gasteiger partial charge in [-0.1, -0.05) is 6.07 Å². The normalized spacial score (nSPS) is 10.1. The molecular formula is C16H16N2O2. The molecule has 0 radical (unpaired) electrons. The Balaban J connectivity index is 2.69. The Kier molecular flexibility index (Phi) is 3.90. The van der Waals surface area contributed by atoms with Crippen LogP contribution in [0.5, 0.6) is 5.75 Å². The Morgan fingerprint density at radius 3 is 2.70 bits per heavy atom. The number of hydrogen-bond donors (Lipinski definition) is 0. The number of benzene rings is 1. The van der Waals surface area contributed by atoms with Crippen LogP contribution in [0.25, 0.3) is 5.69 Å². The number of nitrogens with zero attached hydrogens (tertiary/aromatic N) is 2. The standard InChI is InChI=1S/C16H16N2O2/c1-11-4-5-16(20-3)14(8-11)18-10-13(6-7-17)15(19)9-12(18)2/h4-5,8-10H,6H2,1-3H3. The fraction of sp³-hybridized carbons (Fsp3) is 0.250. The van der Waals surface area contributed by atoms with Gasteiger partial charge in [-0.25, -0.2) is 0 Å². The van der Waals surface area contributed by atoms with Gasteiger partial charge >= 0.3 is 0 Å². The highest BCUT2D eigenvalue weighted by molar-refractivity contribution is 5.50. The van der Waals surface area contributed by atoms with E-state index in [2.05, 4.69) is 0 Å². The number of ether oxygens (including phenoxy) is 1. The van der Waals surface area contributed by atoms with Gasteiger partial charge in [-0.2, -0.15) is 5.26 Å². The fourth-order valence-corrected chi connectivity index (χ4v) is 2.14. The second kappa shape index (κ2) is 5.62. The number of methoxy groups -OCH3 is 1. The van der Waals surface area contributed by atoms with E-state index in [0.717, 1.165) is 22.7 Å². The molecule has 0 saturated heterocycles. The Hall–Kier alpha value is -2.54. The van der Waals surface area contributed by atoms with Crippen molar-refractivity contribution >= 4 is 0 Å². The van der Waals surface area contributed by atoms with Crippen molar-refractivity contribution in [3.8, 4) is 17.5 Å². The number of rotatable bonds is 3. The van der Waals surface area contributed by atoms with Crippen LogP contribution < -0.4 is 10.2 Å². The largest absolute Gasteiger partial charge is 0.495 e. The van der Waals surface area contributed by atoms with Gasteiger partial charge in [-0.3, -0.25) is 4.79 Å². The lowest BCUT2D eigenvalue weighted by atomic mass is 10.1. The topological polar surface area (TPSA) is 55.0 Å². The maximum atomic E-state index is 11.8. The molecule has 0 saturated carbocycles. The van der Waals surface area contributed by atoms with Gasteiger partial charge in [0.25, 0.3) is 0 Å². The molecule has 4 nitrogen and oxygen atoms in total. The van der Waals surface area contributed by atoms with Crippen LogP contribution in [-0.2, 0) is 6.42 Å². The van der Waals surface area contributed by atoms with E-state index in [0.29, 0.717) is 5.56 Å². The van der Waals surface area contributed by atoms with Crippen LogP contribution in [0.2, 0.25) is 0 Å². The number of nitriles is 1. The molecule has 0 aliphatic carbocycles. The van der Waals surface area contributed by atoms with Crippen LogP contribution in [-0.4, -0.2) is 11.7 Å². The van der Waals surface area contributed by atoms with Crippen molar-refractivity contribution in [1.29, 1.82) is 5.26 Å². The monoisotopic (exact) mass is 268 g/mol. The summed E-state index contributed by atoms with van der Waals surface area (Å²) in [4.78, 5) is 11.8. The summed E-state index contributed by atoms with van der Waals surface area (Å²) in [7, 11) is 1.61. The van der Waals surface area contributed by atoms with Crippen molar-refractivity contribution in [2.45, 2.75) is 20.3 Å². The third-order valence-corrected chi connectivity index (χ3v) is 3.18. The minimum absolute atomic E-state index is 0.104. The van der Waals surface area contributed by atoms with Crippen molar-refractivity contribution in [3.05, 3.63) is 57.5 Å². The SMILES string of the molecule is COc1ccc(C)cc1-n1cc(CC#N)c(=O)cc1C. The fourth-order valence-electron chi connectivity index (χ4n) is 2.14. The van der Waals surface area contributed by atoms with Crippen LogP contribution in [0.4, 0.5) is 0 Å². The first-order valence-corrected chi connectivity index (χ1v) is 6.31. The quantitative estimate of drug-likeness (QED) is 0.859. The molecular weight excluding hydrogens is 252 g/mol. The summed E-state index contributed by atoms with van der Waals surface area (Å²) in [6.45, 7) is 3.86. The van der Waals surface area contributed by atoms with E-state index in [1.54, 1.807) is 19.4 Å². The van der Waals surface area contributed by atoms with Crippen LogP contribution in [0, 0.1) is 25.2 Å². The minimum atomic E-state index is -0.105. The van der Waals surface area contributed by atoms with Gasteiger partial charge in [0.1, 0.15) is 5.75 Å². The van der Waals surface area contributed by atoms with Crippen LogP contribution >= 0.6 is 0 Å². The zero-order chi connectivity index (χ0) is 14.7. The Morgan fingerprint density at radius 1 is 1.30 bits per heavy atom. The van der Waals surface area contributed by atoms with E-state index in [-0.39, 0.29) is 11.8 Å². The van der Waals surface area contributed by atoms with Crippen molar-refractivity contribution < 1.29 is 4.74 Å². The maximum Gasteiger partial charge on any atom is 0.186 e. The highest BCUT2D eigenvalue weighted by Gasteiger charge is 2.10. The number of hydrogen-bond acceptors (Lipinski definition) is 3. The third-order valence-electron chi connectivity index (χ3n) is 3.18. The summed E-state index contributed by atoms with van der Waals surface area (Å²) >= 11 is 0. The highest BCUT2D eigenvalue weighted by atomic mass is 16.5. The molecule has 0 aliphatic rings. The lowest BCUT2D eigenvalue weighted by Crippen LogP contribution is -2.14. The highest BCUT2D eigenvalue weighted by Crippen LogP contribution is 2.25. The first-order chi connectivity index (χ1) is 9.56. The Bertz CT molecular complexity index is 739. The van der Waals surface area contributed by atoms with Crippen LogP contribution in [0.3, 0.4) is 0 Å². The Labute approximate surface area is 117 Å². The zero-order valence-corrected chi connectivity index (χ0v) is 11.8. The molecule has 0 amide bonds. The molecule has 2 aromatic rings. The van der Waals surface area contributed by atoms with Gasteiger partial charge < -0.3 is 9.30 Å². The van der Waals surface area contributed by atoms with E-state index >= 15 is 0 Å². The molecule has 0 spiro atoms. The molecule has 1 aromatic carbocycles. The summed E-state index contributed by atoms with van der Waals surface area (Å²) in [6, 6.07) is 9.42. The molecule has 0 N–H and O–H groups in total. The first-order valence-electron chi connectivity index (χ1n) is 6.31. The number of pyridine rings is 1. The molecule has 2 rings (SSSR count). The summed E-state index contributed by atoms with van der Waals surface area (Å²) in [5.41, 5.74) is 3.15. The van der Waals surface area contributed by atoms with E-state index < -0.39 is 0 Å². The van der Waals surface area contributed by atoms with E-state index in [1.807, 2.05) is 42.7 Å². The van der Waals surface area contributed by atoms with E-state index in [4.69, 9.17) is 10.00 Å². The van der Waals surface area contributed by atoms with Crippen LogP contribution in [0.1, 0.15) is 16.8 Å². The van der Waals surface area contributed by atoms with Gasteiger partial charge in [-0.15, -0.1) is 0 Å². The average molecular weight is 268 g/mol. The zero-order valence-electron chi connectivity index (χ0n) is 11.8. The van der Waals surface area contributed by atoms with Crippen LogP contribution in [0.15, 0.2) is 35.3 Å². The van der Waals surface area contributed by atoms with Crippen molar-refractivity contribution in [2.75, 3.05) is 7.11 Å². The molecule has 0 unspecified atom stereocenters. The lowest BCUT2D eigenvalue weighted by Gasteiger charge is -2.16. The predicted octanol–water partition coefficient (Wildman–Crippen LogP) is 2.53. The predicted molar refractivity (Wildman–Crippen MR) is 77.4 cm³/mol. The summed E-state index contributed by atoms with van der Waals surface area (Å²) in [5.74, 6) is 0.727. The molecule has 0 atom stereocenters. The van der Waals surface area contributed by atoms with E-state index in [9.17, 15) is 4.79 Å². The Morgan fingerprint density at radius 2 is 2.05 bits per heavy atom. The molecule has 4 heteroatoms. The van der Waals surface area contributed by atoms with E-state index in [1.165, 1.54) is 0 Å². The smallest absolute Gasteiger partial charge is 0.186 e. The average Bonchev–Trinajstić information content (AvgIpc) is 2.42. The second-order valence-electron chi connectivity index (χ2n) is 4.68. The third kappa shape index (κ3) is 2.57. The van der Waals surface area contributed by atoms with Gasteiger partial charge in [0.15, 0.2) is 5.43 Å². The molecule has 1 heterocycles. The number of aryl methyl sites for hydroxylation is 2. The first kappa shape index (κ1) is 13.9. The molecule has 1 aromatic heterocycles. The molecule has 102 valence electrons. The summed E-state index contributed by atoms with van der Waals surface area (Å²) in [6.07, 6.45) is 1.82. The summed E-state index contributed by atoms with van der Waals surface area (Å²) in [5, 5.41) is 8.80.